The Labute approximate surface area is 246 Å². The molecule has 4 aromatic rings. The van der Waals surface area contributed by atoms with Gasteiger partial charge >= 0.3 is 0 Å². The van der Waals surface area contributed by atoms with E-state index in [-0.39, 0.29) is 54.8 Å². The molecule has 3 aromatic carbocycles. The number of likely N-dealkylation sites (tertiary alicyclic amines) is 1. The second-order valence-electron chi connectivity index (χ2n) is 11.0. The predicted molar refractivity (Wildman–Crippen MR) is 154 cm³/mol. The highest BCUT2D eigenvalue weighted by Crippen LogP contribution is 2.42. The van der Waals surface area contributed by atoms with E-state index in [4.69, 9.17) is 14.5 Å². The standard InChI is InChI=1S/C33H30F3N3O4/c1-38-18-26-27(32(41)39-13-11-33(35,36)12-14-39)25-16-22(15-20-3-7-23(34)8-4-20)17-37-29(25)30(28(26)31(38)40)43-19-21-5-9-24(42-2)10-6-21/h3-10,16-17H,11-15,18-19H2,1-2H3. The lowest BCUT2D eigenvalue weighted by atomic mass is 9.93. The first-order chi connectivity index (χ1) is 20.6. The maximum Gasteiger partial charge on any atom is 0.258 e. The van der Waals surface area contributed by atoms with Crippen LogP contribution in [0.4, 0.5) is 13.2 Å². The van der Waals surface area contributed by atoms with Crippen molar-refractivity contribution in [2.75, 3.05) is 27.2 Å². The fraction of sp³-hybridized carbons (Fsp3) is 0.303. The number of amides is 2. The normalized spacial score (nSPS) is 16.0. The zero-order chi connectivity index (χ0) is 30.3. The van der Waals surface area contributed by atoms with E-state index in [1.54, 1.807) is 32.5 Å². The molecule has 0 spiro atoms. The quantitative estimate of drug-likeness (QED) is 0.264. The summed E-state index contributed by atoms with van der Waals surface area (Å²) in [6.07, 6.45) is 1.23. The van der Waals surface area contributed by atoms with Gasteiger partial charge in [-0.2, -0.15) is 0 Å². The highest BCUT2D eigenvalue weighted by molar-refractivity contribution is 6.16. The third-order valence-corrected chi connectivity index (χ3v) is 8.07. The maximum atomic E-state index is 14.1. The van der Waals surface area contributed by atoms with Gasteiger partial charge in [-0.05, 0) is 53.4 Å². The third kappa shape index (κ3) is 5.61. The van der Waals surface area contributed by atoms with Crippen molar-refractivity contribution in [2.45, 2.75) is 38.3 Å². The van der Waals surface area contributed by atoms with Crippen molar-refractivity contribution >= 4 is 22.7 Å². The summed E-state index contributed by atoms with van der Waals surface area (Å²) in [4.78, 5) is 35.2. The summed E-state index contributed by atoms with van der Waals surface area (Å²) in [5, 5.41) is 0.480. The molecular weight excluding hydrogens is 559 g/mol. The van der Waals surface area contributed by atoms with E-state index in [0.29, 0.717) is 28.6 Å². The number of piperidine rings is 1. The minimum absolute atomic E-state index is 0.0930. The first-order valence-corrected chi connectivity index (χ1v) is 14.0. The molecule has 2 aliphatic heterocycles. The number of benzene rings is 3. The second kappa shape index (κ2) is 11.2. The van der Waals surface area contributed by atoms with Crippen molar-refractivity contribution in [3.8, 4) is 11.5 Å². The lowest BCUT2D eigenvalue weighted by Gasteiger charge is -2.32. The number of carbonyl (C=O) groups excluding carboxylic acids is 2. The molecule has 0 unspecified atom stereocenters. The number of alkyl halides is 2. The van der Waals surface area contributed by atoms with Gasteiger partial charge in [0.15, 0.2) is 5.75 Å². The molecule has 3 heterocycles. The Morgan fingerprint density at radius 3 is 2.35 bits per heavy atom. The Balaban J connectivity index is 1.48. The van der Waals surface area contributed by atoms with Gasteiger partial charge in [0.25, 0.3) is 17.7 Å². The molecule has 1 aromatic heterocycles. The first kappa shape index (κ1) is 28.5. The van der Waals surface area contributed by atoms with Crippen molar-refractivity contribution in [3.63, 3.8) is 0 Å². The molecule has 2 aliphatic rings. The number of aromatic nitrogens is 1. The number of pyridine rings is 1. The van der Waals surface area contributed by atoms with Crippen LogP contribution in [0.25, 0.3) is 10.9 Å². The summed E-state index contributed by atoms with van der Waals surface area (Å²) in [5.74, 6) is -2.92. The van der Waals surface area contributed by atoms with E-state index in [1.807, 2.05) is 30.3 Å². The molecule has 0 aliphatic carbocycles. The minimum atomic E-state index is -2.82. The molecule has 6 rings (SSSR count). The van der Waals surface area contributed by atoms with Crippen LogP contribution in [0.2, 0.25) is 0 Å². The molecular formula is C33H30F3N3O4. The molecule has 1 fully saturated rings. The van der Waals surface area contributed by atoms with E-state index in [9.17, 15) is 22.8 Å². The highest BCUT2D eigenvalue weighted by atomic mass is 19.3. The lowest BCUT2D eigenvalue weighted by Crippen LogP contribution is -2.43. The van der Waals surface area contributed by atoms with E-state index in [0.717, 1.165) is 16.7 Å². The molecule has 0 radical (unpaired) electrons. The number of carbonyl (C=O) groups is 2. The molecule has 10 heteroatoms. The van der Waals surface area contributed by atoms with Crippen LogP contribution in [0, 0.1) is 5.82 Å². The van der Waals surface area contributed by atoms with Crippen molar-refractivity contribution in [1.29, 1.82) is 0 Å². The van der Waals surface area contributed by atoms with Crippen LogP contribution in [0.5, 0.6) is 11.5 Å². The topological polar surface area (TPSA) is 72.0 Å². The number of methoxy groups -OCH3 is 1. The number of rotatable bonds is 7. The Morgan fingerprint density at radius 2 is 1.67 bits per heavy atom. The fourth-order valence-corrected chi connectivity index (χ4v) is 5.70. The van der Waals surface area contributed by atoms with Gasteiger partial charge in [0.2, 0.25) is 0 Å². The molecule has 222 valence electrons. The highest BCUT2D eigenvalue weighted by Gasteiger charge is 2.40. The summed E-state index contributed by atoms with van der Waals surface area (Å²) in [6, 6.07) is 15.3. The summed E-state index contributed by atoms with van der Waals surface area (Å²) in [6.45, 7) is 0.112. The number of fused-ring (bicyclic) bond motifs is 2. The van der Waals surface area contributed by atoms with E-state index in [2.05, 4.69) is 0 Å². The van der Waals surface area contributed by atoms with Crippen molar-refractivity contribution in [3.05, 3.63) is 100.0 Å². The van der Waals surface area contributed by atoms with E-state index < -0.39 is 24.7 Å². The zero-order valence-corrected chi connectivity index (χ0v) is 23.8. The number of hydrogen-bond donors (Lipinski definition) is 0. The van der Waals surface area contributed by atoms with Crippen LogP contribution in [0.15, 0.2) is 60.8 Å². The van der Waals surface area contributed by atoms with Crippen LogP contribution in [-0.4, -0.2) is 59.8 Å². The van der Waals surface area contributed by atoms with Gasteiger partial charge in [-0.3, -0.25) is 14.6 Å². The van der Waals surface area contributed by atoms with Gasteiger partial charge in [-0.1, -0.05) is 24.3 Å². The zero-order valence-electron chi connectivity index (χ0n) is 23.8. The van der Waals surface area contributed by atoms with Gasteiger partial charge in [0.05, 0.1) is 18.2 Å². The number of hydrogen-bond acceptors (Lipinski definition) is 5. The maximum absolute atomic E-state index is 14.1. The minimum Gasteiger partial charge on any atom is -0.497 e. The summed E-state index contributed by atoms with van der Waals surface area (Å²) in [5.41, 5.74) is 3.81. The number of nitrogens with zero attached hydrogens (tertiary/aromatic N) is 3. The first-order valence-electron chi connectivity index (χ1n) is 14.0. The molecule has 43 heavy (non-hydrogen) atoms. The van der Waals surface area contributed by atoms with Gasteiger partial charge < -0.3 is 19.3 Å². The van der Waals surface area contributed by atoms with Crippen molar-refractivity contribution in [1.82, 2.24) is 14.8 Å². The summed E-state index contributed by atoms with van der Waals surface area (Å²) >= 11 is 0. The molecule has 0 N–H and O–H groups in total. The van der Waals surface area contributed by atoms with E-state index in [1.165, 1.54) is 21.9 Å². The average Bonchev–Trinajstić information content (AvgIpc) is 3.29. The van der Waals surface area contributed by atoms with Gasteiger partial charge in [0.1, 0.15) is 23.7 Å². The van der Waals surface area contributed by atoms with Crippen molar-refractivity contribution < 1.29 is 32.2 Å². The Morgan fingerprint density at radius 1 is 1.00 bits per heavy atom. The van der Waals surface area contributed by atoms with Crippen LogP contribution in [0.1, 0.15) is 55.8 Å². The van der Waals surface area contributed by atoms with Gasteiger partial charge in [-0.15, -0.1) is 0 Å². The van der Waals surface area contributed by atoms with E-state index >= 15 is 0 Å². The molecule has 0 bridgehead atoms. The Kier molecular flexibility index (Phi) is 7.45. The van der Waals surface area contributed by atoms with Gasteiger partial charge in [-0.25, -0.2) is 13.2 Å². The van der Waals surface area contributed by atoms with Crippen LogP contribution in [-0.2, 0) is 19.6 Å². The SMILES string of the molecule is COc1ccc(COc2c3c(c(C(=O)N4CCC(F)(F)CC4)c4cc(Cc5ccc(F)cc5)cnc24)CN(C)C3=O)cc1. The van der Waals surface area contributed by atoms with Gasteiger partial charge in [0, 0.05) is 56.7 Å². The Hall–Kier alpha value is -4.60. The number of ether oxygens (including phenoxy) is 2. The molecule has 0 saturated carbocycles. The molecule has 1 saturated heterocycles. The molecule has 2 amide bonds. The second-order valence-corrected chi connectivity index (χ2v) is 11.0. The monoisotopic (exact) mass is 589 g/mol. The number of halogens is 3. The predicted octanol–water partition coefficient (Wildman–Crippen LogP) is 6.01. The van der Waals surface area contributed by atoms with Crippen molar-refractivity contribution in [2.24, 2.45) is 0 Å². The Bertz CT molecular complexity index is 1700. The molecule has 7 nitrogen and oxygen atoms in total. The van der Waals surface area contributed by atoms with Crippen LogP contribution < -0.4 is 9.47 Å². The lowest BCUT2D eigenvalue weighted by molar-refractivity contribution is -0.0494. The van der Waals surface area contributed by atoms with Crippen LogP contribution in [0.3, 0.4) is 0 Å². The molecule has 0 atom stereocenters. The summed E-state index contributed by atoms with van der Waals surface area (Å²) in [7, 11) is 3.22. The third-order valence-electron chi connectivity index (χ3n) is 8.07. The smallest absolute Gasteiger partial charge is 0.258 e. The largest absolute Gasteiger partial charge is 0.497 e. The fourth-order valence-electron chi connectivity index (χ4n) is 5.70. The summed E-state index contributed by atoms with van der Waals surface area (Å²) < 4.78 is 53.0. The van der Waals surface area contributed by atoms with Crippen LogP contribution >= 0.6 is 0 Å². The average molecular weight is 590 g/mol.